The average molecular weight is 351 g/mol. The molecule has 2 aromatic heterocycles. The van der Waals surface area contributed by atoms with Crippen LogP contribution in [0.4, 0.5) is 0 Å². The van der Waals surface area contributed by atoms with E-state index in [1.807, 2.05) is 30.3 Å². The van der Waals surface area contributed by atoms with Crippen molar-refractivity contribution >= 4 is 27.5 Å². The van der Waals surface area contributed by atoms with Gasteiger partial charge in [-0.25, -0.2) is 15.0 Å². The molecule has 124 valence electrons. The number of carbonyl (C=O) groups excluding carboxylic acids is 1. The highest BCUT2D eigenvalue weighted by Gasteiger charge is 2.30. The molecule has 0 N–H and O–H groups in total. The molecule has 1 atom stereocenters. The fourth-order valence-electron chi connectivity index (χ4n) is 2.75. The van der Waals surface area contributed by atoms with E-state index in [0.717, 1.165) is 10.2 Å². The van der Waals surface area contributed by atoms with Crippen LogP contribution >= 0.6 is 11.3 Å². The predicted octanol–water partition coefficient (Wildman–Crippen LogP) is 2.25. The fraction of sp³-hybridized carbons (Fsp3) is 0.235. The zero-order valence-corrected chi connectivity index (χ0v) is 13.9. The molecule has 0 radical (unpaired) electrons. The molecule has 1 saturated heterocycles. The van der Waals surface area contributed by atoms with Crippen molar-refractivity contribution in [1.29, 1.82) is 5.26 Å². The SMILES string of the molecule is N#Cc1nccnc1O[C@H]1CCN(C(=O)c2nc3ccccc3s2)C1. The normalized spacial score (nSPS) is 16.8. The lowest BCUT2D eigenvalue weighted by Crippen LogP contribution is -2.31. The summed E-state index contributed by atoms with van der Waals surface area (Å²) in [6.07, 6.45) is 3.40. The molecule has 0 saturated carbocycles. The van der Waals surface area contributed by atoms with E-state index in [1.165, 1.54) is 23.7 Å². The molecule has 4 rings (SSSR count). The number of hydrogen-bond acceptors (Lipinski definition) is 7. The zero-order valence-electron chi connectivity index (χ0n) is 13.1. The van der Waals surface area contributed by atoms with Gasteiger partial charge in [-0.1, -0.05) is 12.1 Å². The number of hydrogen-bond donors (Lipinski definition) is 0. The van der Waals surface area contributed by atoms with Crippen LogP contribution in [0.2, 0.25) is 0 Å². The minimum absolute atomic E-state index is 0.0908. The Hall–Kier alpha value is -3.05. The van der Waals surface area contributed by atoms with Crippen LogP contribution in [0.25, 0.3) is 10.2 Å². The minimum Gasteiger partial charge on any atom is -0.470 e. The monoisotopic (exact) mass is 351 g/mol. The van der Waals surface area contributed by atoms with Crippen molar-refractivity contribution < 1.29 is 9.53 Å². The molecular weight excluding hydrogens is 338 g/mol. The van der Waals surface area contributed by atoms with Crippen LogP contribution in [-0.2, 0) is 0 Å². The third-order valence-electron chi connectivity index (χ3n) is 3.96. The van der Waals surface area contributed by atoms with Crippen LogP contribution < -0.4 is 4.74 Å². The third-order valence-corrected chi connectivity index (χ3v) is 4.98. The summed E-state index contributed by atoms with van der Waals surface area (Å²) in [6, 6.07) is 9.65. The lowest BCUT2D eigenvalue weighted by atomic mass is 10.3. The number of nitrogens with zero attached hydrogens (tertiary/aromatic N) is 5. The van der Waals surface area contributed by atoms with Crippen molar-refractivity contribution in [2.75, 3.05) is 13.1 Å². The lowest BCUT2D eigenvalue weighted by molar-refractivity contribution is 0.0771. The van der Waals surface area contributed by atoms with Gasteiger partial charge in [0.1, 0.15) is 12.2 Å². The molecule has 0 bridgehead atoms. The molecule has 8 heteroatoms. The van der Waals surface area contributed by atoms with Gasteiger partial charge in [0.05, 0.1) is 16.8 Å². The number of rotatable bonds is 3. The van der Waals surface area contributed by atoms with Crippen LogP contribution in [0, 0.1) is 11.3 Å². The van der Waals surface area contributed by atoms with E-state index in [4.69, 9.17) is 10.00 Å². The van der Waals surface area contributed by atoms with Crippen molar-refractivity contribution in [1.82, 2.24) is 19.9 Å². The van der Waals surface area contributed by atoms with E-state index in [0.29, 0.717) is 24.5 Å². The second-order valence-electron chi connectivity index (χ2n) is 5.59. The summed E-state index contributed by atoms with van der Waals surface area (Å²) in [5, 5.41) is 9.53. The van der Waals surface area contributed by atoms with E-state index in [1.54, 1.807) is 4.90 Å². The first kappa shape index (κ1) is 15.5. The van der Waals surface area contributed by atoms with Gasteiger partial charge in [0, 0.05) is 25.4 Å². The molecule has 1 aliphatic rings. The summed E-state index contributed by atoms with van der Waals surface area (Å²) < 4.78 is 6.76. The van der Waals surface area contributed by atoms with Crippen molar-refractivity contribution in [3.05, 3.63) is 47.4 Å². The third kappa shape index (κ3) is 3.02. The first-order valence-corrected chi connectivity index (χ1v) is 8.59. The largest absolute Gasteiger partial charge is 0.470 e. The number of aromatic nitrogens is 3. The standard InChI is InChI=1S/C17H13N5O2S/c18-9-13-15(20-7-6-19-13)24-11-5-8-22(10-11)17(23)16-21-12-3-1-2-4-14(12)25-16/h1-4,6-7,11H,5,8,10H2/t11-/m0/s1. The van der Waals surface area contributed by atoms with Crippen LogP contribution in [0.1, 0.15) is 21.9 Å². The number of nitriles is 1. The lowest BCUT2D eigenvalue weighted by Gasteiger charge is -2.15. The predicted molar refractivity (Wildman–Crippen MR) is 91.3 cm³/mol. The number of thiazole rings is 1. The first-order valence-electron chi connectivity index (χ1n) is 7.77. The van der Waals surface area contributed by atoms with Crippen molar-refractivity contribution in [3.63, 3.8) is 0 Å². The topological polar surface area (TPSA) is 92.0 Å². The number of benzene rings is 1. The Morgan fingerprint density at radius 2 is 2.16 bits per heavy atom. The number of fused-ring (bicyclic) bond motifs is 1. The number of likely N-dealkylation sites (tertiary alicyclic amines) is 1. The summed E-state index contributed by atoms with van der Waals surface area (Å²) in [5.74, 6) is 0.122. The highest BCUT2D eigenvalue weighted by molar-refractivity contribution is 7.20. The van der Waals surface area contributed by atoms with E-state index in [-0.39, 0.29) is 23.6 Å². The van der Waals surface area contributed by atoms with E-state index >= 15 is 0 Å². The molecule has 1 fully saturated rings. The molecular formula is C17H13N5O2S. The van der Waals surface area contributed by atoms with Crippen LogP contribution in [-0.4, -0.2) is 45.0 Å². The molecule has 25 heavy (non-hydrogen) atoms. The summed E-state index contributed by atoms with van der Waals surface area (Å²) in [4.78, 5) is 26.8. The van der Waals surface area contributed by atoms with Crippen molar-refractivity contribution in [3.8, 4) is 11.9 Å². The Labute approximate surface area is 147 Å². The van der Waals surface area contributed by atoms with Gasteiger partial charge in [-0.2, -0.15) is 5.26 Å². The van der Waals surface area contributed by atoms with Gasteiger partial charge in [-0.3, -0.25) is 4.79 Å². The summed E-state index contributed by atoms with van der Waals surface area (Å²) in [6.45, 7) is 1.03. The Balaban J connectivity index is 1.46. The highest BCUT2D eigenvalue weighted by atomic mass is 32.1. The maximum absolute atomic E-state index is 12.7. The van der Waals surface area contributed by atoms with Gasteiger partial charge in [-0.15, -0.1) is 11.3 Å². The Morgan fingerprint density at radius 3 is 3.00 bits per heavy atom. The number of ether oxygens (including phenoxy) is 1. The van der Waals surface area contributed by atoms with Crippen LogP contribution in [0.15, 0.2) is 36.7 Å². The average Bonchev–Trinajstić information content (AvgIpc) is 3.28. The Bertz CT molecular complexity index is 947. The second kappa shape index (κ2) is 6.45. The minimum atomic E-state index is -0.206. The summed E-state index contributed by atoms with van der Waals surface area (Å²) >= 11 is 1.39. The maximum Gasteiger partial charge on any atom is 0.283 e. The van der Waals surface area contributed by atoms with Crippen LogP contribution in [0.5, 0.6) is 5.88 Å². The van der Waals surface area contributed by atoms with Gasteiger partial charge in [0.15, 0.2) is 5.01 Å². The second-order valence-corrected chi connectivity index (χ2v) is 6.62. The molecule has 1 amide bonds. The molecule has 0 aliphatic carbocycles. The van der Waals surface area contributed by atoms with Crippen LogP contribution in [0.3, 0.4) is 0 Å². The van der Waals surface area contributed by atoms with Gasteiger partial charge in [0.25, 0.3) is 11.8 Å². The number of carbonyl (C=O) groups is 1. The molecule has 0 spiro atoms. The van der Waals surface area contributed by atoms with E-state index in [2.05, 4.69) is 15.0 Å². The van der Waals surface area contributed by atoms with Gasteiger partial charge >= 0.3 is 0 Å². The number of amides is 1. The van der Waals surface area contributed by atoms with E-state index < -0.39 is 0 Å². The fourth-order valence-corrected chi connectivity index (χ4v) is 3.69. The maximum atomic E-state index is 12.7. The molecule has 3 aromatic rings. The highest BCUT2D eigenvalue weighted by Crippen LogP contribution is 2.25. The Morgan fingerprint density at radius 1 is 1.32 bits per heavy atom. The zero-order chi connectivity index (χ0) is 17.2. The first-order chi connectivity index (χ1) is 12.2. The molecule has 1 aliphatic heterocycles. The van der Waals surface area contributed by atoms with Gasteiger partial charge in [-0.05, 0) is 12.1 Å². The quantitative estimate of drug-likeness (QED) is 0.719. The summed E-state index contributed by atoms with van der Waals surface area (Å²) in [5.41, 5.74) is 0.986. The van der Waals surface area contributed by atoms with Gasteiger partial charge in [0.2, 0.25) is 5.69 Å². The van der Waals surface area contributed by atoms with Crippen molar-refractivity contribution in [2.24, 2.45) is 0 Å². The molecule has 3 heterocycles. The summed E-state index contributed by atoms with van der Waals surface area (Å²) in [7, 11) is 0. The smallest absolute Gasteiger partial charge is 0.283 e. The number of para-hydroxylation sites is 1. The van der Waals surface area contributed by atoms with E-state index in [9.17, 15) is 4.79 Å². The molecule has 0 unspecified atom stereocenters. The van der Waals surface area contributed by atoms with Crippen molar-refractivity contribution in [2.45, 2.75) is 12.5 Å². The molecule has 7 nitrogen and oxygen atoms in total. The Kier molecular flexibility index (Phi) is 3.99. The van der Waals surface area contributed by atoms with Gasteiger partial charge < -0.3 is 9.64 Å². The molecule has 1 aromatic carbocycles.